The standard InChI is InChI=1S/C18H19N5/c1-2-3-4-15-16(13-5-9-20-10-6-13)22-18(19)23-17(15)14-7-11-21-12-8-14/h5-12H,2-4H2,1H3,(H2,19,22,23). The van der Waals surface area contributed by atoms with Gasteiger partial charge in [0.1, 0.15) is 0 Å². The van der Waals surface area contributed by atoms with Crippen LogP contribution in [-0.4, -0.2) is 19.9 Å². The van der Waals surface area contributed by atoms with E-state index in [2.05, 4.69) is 26.9 Å². The zero-order valence-electron chi connectivity index (χ0n) is 13.1. The third kappa shape index (κ3) is 3.34. The maximum atomic E-state index is 5.98. The number of aromatic nitrogens is 4. The molecule has 0 saturated carbocycles. The molecule has 23 heavy (non-hydrogen) atoms. The normalized spacial score (nSPS) is 10.7. The second kappa shape index (κ2) is 6.96. The molecular weight excluding hydrogens is 286 g/mol. The van der Waals surface area contributed by atoms with Crippen LogP contribution in [0.3, 0.4) is 0 Å². The molecule has 3 heterocycles. The molecule has 5 nitrogen and oxygen atoms in total. The average Bonchev–Trinajstić information content (AvgIpc) is 2.61. The van der Waals surface area contributed by atoms with Crippen molar-refractivity contribution < 1.29 is 0 Å². The molecule has 0 bridgehead atoms. The maximum Gasteiger partial charge on any atom is 0.221 e. The van der Waals surface area contributed by atoms with Crippen molar-refractivity contribution in [3.05, 3.63) is 54.6 Å². The quantitative estimate of drug-likeness (QED) is 0.780. The molecule has 116 valence electrons. The second-order valence-corrected chi connectivity index (χ2v) is 5.33. The lowest BCUT2D eigenvalue weighted by Crippen LogP contribution is -2.05. The molecule has 0 aliphatic rings. The molecule has 0 aliphatic carbocycles. The minimum absolute atomic E-state index is 0.281. The molecule has 0 atom stereocenters. The summed E-state index contributed by atoms with van der Waals surface area (Å²) >= 11 is 0. The Balaban J connectivity index is 2.21. The Labute approximate surface area is 135 Å². The van der Waals surface area contributed by atoms with Crippen molar-refractivity contribution in [1.82, 2.24) is 19.9 Å². The van der Waals surface area contributed by atoms with E-state index in [1.807, 2.05) is 24.3 Å². The average molecular weight is 305 g/mol. The Kier molecular flexibility index (Phi) is 4.57. The Morgan fingerprint density at radius 3 is 1.74 bits per heavy atom. The second-order valence-electron chi connectivity index (χ2n) is 5.33. The SMILES string of the molecule is CCCCc1c(-c2ccncc2)nc(N)nc1-c1ccncc1. The van der Waals surface area contributed by atoms with Crippen LogP contribution in [0.5, 0.6) is 0 Å². The summed E-state index contributed by atoms with van der Waals surface area (Å²) in [5.41, 5.74) is 10.9. The molecule has 0 unspecified atom stereocenters. The van der Waals surface area contributed by atoms with Crippen LogP contribution in [0.1, 0.15) is 25.3 Å². The van der Waals surface area contributed by atoms with Crippen LogP contribution in [-0.2, 0) is 6.42 Å². The highest BCUT2D eigenvalue weighted by atomic mass is 15.0. The highest BCUT2D eigenvalue weighted by Gasteiger charge is 2.16. The summed E-state index contributed by atoms with van der Waals surface area (Å²) in [5, 5.41) is 0. The molecule has 0 amide bonds. The summed E-state index contributed by atoms with van der Waals surface area (Å²) in [6.07, 6.45) is 10.2. The number of nitrogens with two attached hydrogens (primary N) is 1. The Hall–Kier alpha value is -2.82. The maximum absolute atomic E-state index is 5.98. The summed E-state index contributed by atoms with van der Waals surface area (Å²) in [6.45, 7) is 2.18. The van der Waals surface area contributed by atoms with Crippen molar-refractivity contribution in [2.24, 2.45) is 0 Å². The molecule has 3 aromatic rings. The Bertz CT molecular complexity index is 711. The summed E-state index contributed by atoms with van der Waals surface area (Å²) in [7, 11) is 0. The third-order valence-corrected chi connectivity index (χ3v) is 3.71. The molecule has 5 heteroatoms. The van der Waals surface area contributed by atoms with E-state index in [1.165, 1.54) is 0 Å². The van der Waals surface area contributed by atoms with Gasteiger partial charge in [-0.05, 0) is 37.1 Å². The lowest BCUT2D eigenvalue weighted by Gasteiger charge is -2.14. The number of rotatable bonds is 5. The van der Waals surface area contributed by atoms with Crippen LogP contribution >= 0.6 is 0 Å². The molecule has 0 radical (unpaired) electrons. The van der Waals surface area contributed by atoms with E-state index >= 15 is 0 Å². The van der Waals surface area contributed by atoms with Crippen LogP contribution in [0.2, 0.25) is 0 Å². The molecule has 0 fully saturated rings. The fourth-order valence-electron chi connectivity index (χ4n) is 2.59. The number of pyridine rings is 2. The third-order valence-electron chi connectivity index (χ3n) is 3.71. The number of hydrogen-bond acceptors (Lipinski definition) is 5. The summed E-state index contributed by atoms with van der Waals surface area (Å²) in [4.78, 5) is 17.2. The van der Waals surface area contributed by atoms with Gasteiger partial charge in [-0.15, -0.1) is 0 Å². The van der Waals surface area contributed by atoms with Crippen molar-refractivity contribution in [2.75, 3.05) is 5.73 Å². The molecular formula is C18H19N5. The number of unbranched alkanes of at least 4 members (excludes halogenated alkanes) is 1. The van der Waals surface area contributed by atoms with Crippen LogP contribution in [0.25, 0.3) is 22.5 Å². The first-order valence-corrected chi connectivity index (χ1v) is 7.76. The van der Waals surface area contributed by atoms with Gasteiger partial charge in [0.25, 0.3) is 0 Å². The van der Waals surface area contributed by atoms with Crippen molar-refractivity contribution in [3.8, 4) is 22.5 Å². The lowest BCUT2D eigenvalue weighted by molar-refractivity contribution is 0.791. The zero-order valence-corrected chi connectivity index (χ0v) is 13.1. The van der Waals surface area contributed by atoms with Gasteiger partial charge in [0.2, 0.25) is 5.95 Å². The van der Waals surface area contributed by atoms with Gasteiger partial charge in [-0.2, -0.15) is 0 Å². The van der Waals surface area contributed by atoms with E-state index < -0.39 is 0 Å². The van der Waals surface area contributed by atoms with Crippen LogP contribution in [0.4, 0.5) is 5.95 Å². The first-order chi connectivity index (χ1) is 11.3. The summed E-state index contributed by atoms with van der Waals surface area (Å²) in [5.74, 6) is 0.281. The molecule has 0 aromatic carbocycles. The molecule has 3 rings (SSSR count). The van der Waals surface area contributed by atoms with E-state index in [4.69, 9.17) is 5.73 Å². The Morgan fingerprint density at radius 2 is 1.30 bits per heavy atom. The fourth-order valence-corrected chi connectivity index (χ4v) is 2.59. The lowest BCUT2D eigenvalue weighted by atomic mass is 9.97. The van der Waals surface area contributed by atoms with Crippen molar-refractivity contribution >= 4 is 5.95 Å². The summed E-state index contributed by atoms with van der Waals surface area (Å²) < 4.78 is 0. The van der Waals surface area contributed by atoms with Gasteiger partial charge in [-0.3, -0.25) is 9.97 Å². The minimum Gasteiger partial charge on any atom is -0.368 e. The predicted molar refractivity (Wildman–Crippen MR) is 91.5 cm³/mol. The van der Waals surface area contributed by atoms with Gasteiger partial charge in [0, 0.05) is 41.5 Å². The van der Waals surface area contributed by atoms with Gasteiger partial charge in [-0.25, -0.2) is 9.97 Å². The number of anilines is 1. The van der Waals surface area contributed by atoms with E-state index in [0.717, 1.165) is 47.3 Å². The van der Waals surface area contributed by atoms with Gasteiger partial charge < -0.3 is 5.73 Å². The molecule has 2 N–H and O–H groups in total. The van der Waals surface area contributed by atoms with E-state index in [9.17, 15) is 0 Å². The smallest absolute Gasteiger partial charge is 0.221 e. The van der Waals surface area contributed by atoms with Gasteiger partial charge in [0.15, 0.2) is 0 Å². The highest BCUT2D eigenvalue weighted by molar-refractivity contribution is 5.74. The van der Waals surface area contributed by atoms with Crippen LogP contribution < -0.4 is 5.73 Å². The molecule has 0 aliphatic heterocycles. The van der Waals surface area contributed by atoms with Crippen LogP contribution in [0.15, 0.2) is 49.1 Å². The monoisotopic (exact) mass is 305 g/mol. The zero-order chi connectivity index (χ0) is 16.1. The van der Waals surface area contributed by atoms with E-state index in [-0.39, 0.29) is 5.95 Å². The number of hydrogen-bond donors (Lipinski definition) is 1. The topological polar surface area (TPSA) is 77.6 Å². The first kappa shape index (κ1) is 15.1. The molecule has 3 aromatic heterocycles. The van der Waals surface area contributed by atoms with Crippen molar-refractivity contribution in [3.63, 3.8) is 0 Å². The van der Waals surface area contributed by atoms with E-state index in [0.29, 0.717) is 0 Å². The van der Waals surface area contributed by atoms with Crippen molar-refractivity contribution in [1.29, 1.82) is 0 Å². The fraction of sp³-hybridized carbons (Fsp3) is 0.222. The van der Waals surface area contributed by atoms with Gasteiger partial charge in [-0.1, -0.05) is 13.3 Å². The summed E-state index contributed by atoms with van der Waals surface area (Å²) in [6, 6.07) is 7.81. The van der Waals surface area contributed by atoms with Gasteiger partial charge in [0.05, 0.1) is 11.4 Å². The highest BCUT2D eigenvalue weighted by Crippen LogP contribution is 2.31. The van der Waals surface area contributed by atoms with Crippen molar-refractivity contribution in [2.45, 2.75) is 26.2 Å². The first-order valence-electron chi connectivity index (χ1n) is 7.76. The number of nitrogen functional groups attached to an aromatic ring is 1. The number of nitrogens with zero attached hydrogens (tertiary/aromatic N) is 4. The largest absolute Gasteiger partial charge is 0.368 e. The Morgan fingerprint density at radius 1 is 0.826 bits per heavy atom. The van der Waals surface area contributed by atoms with E-state index in [1.54, 1.807) is 24.8 Å². The minimum atomic E-state index is 0.281. The predicted octanol–water partition coefficient (Wildman–Crippen LogP) is 3.53. The molecule has 0 saturated heterocycles. The van der Waals surface area contributed by atoms with Crippen LogP contribution in [0, 0.1) is 0 Å². The van der Waals surface area contributed by atoms with Gasteiger partial charge >= 0.3 is 0 Å². The molecule has 0 spiro atoms.